The van der Waals surface area contributed by atoms with Crippen LogP contribution in [0.15, 0.2) is 46.9 Å². The van der Waals surface area contributed by atoms with E-state index in [4.69, 9.17) is 13.9 Å². The fourth-order valence-electron chi connectivity index (χ4n) is 3.96. The van der Waals surface area contributed by atoms with Crippen molar-refractivity contribution in [3.63, 3.8) is 0 Å². The second-order valence-corrected chi connectivity index (χ2v) is 7.35. The maximum atomic E-state index is 12.9. The van der Waals surface area contributed by atoms with Crippen LogP contribution in [-0.2, 0) is 6.54 Å². The van der Waals surface area contributed by atoms with Gasteiger partial charge in [-0.25, -0.2) is 4.98 Å². The molecule has 5 rings (SSSR count). The number of ether oxygens (including phenoxy) is 2. The van der Waals surface area contributed by atoms with E-state index in [1.807, 2.05) is 42.5 Å². The molecule has 0 radical (unpaired) electrons. The molecule has 2 aliphatic rings. The summed E-state index contributed by atoms with van der Waals surface area (Å²) in [5, 5.41) is 0. The lowest BCUT2D eigenvalue weighted by atomic mass is 9.88. The van der Waals surface area contributed by atoms with Crippen LogP contribution in [0.1, 0.15) is 29.1 Å². The Morgan fingerprint density at radius 2 is 1.82 bits per heavy atom. The predicted molar refractivity (Wildman–Crippen MR) is 104 cm³/mol. The van der Waals surface area contributed by atoms with E-state index >= 15 is 0 Å². The number of likely N-dealkylation sites (tertiary alicyclic amines) is 1. The van der Waals surface area contributed by atoms with E-state index in [2.05, 4.69) is 9.88 Å². The van der Waals surface area contributed by atoms with Gasteiger partial charge in [0.2, 0.25) is 5.89 Å². The molecular formula is C22H22N2O4. The summed E-state index contributed by atoms with van der Waals surface area (Å²) in [5.41, 5.74) is 2.42. The van der Waals surface area contributed by atoms with Crippen molar-refractivity contribution in [2.24, 2.45) is 5.92 Å². The summed E-state index contributed by atoms with van der Waals surface area (Å²) in [6.07, 6.45) is 1.68. The SMILES string of the molecule is O=C(c1ccc2c(c1)OCCO2)C1CCN(Cc2nc3ccccc3o2)CC1. The number of hydrogen-bond donors (Lipinski definition) is 0. The van der Waals surface area contributed by atoms with Crippen molar-refractivity contribution in [1.29, 1.82) is 0 Å². The number of benzene rings is 2. The number of Topliss-reactive ketones (excluding diaryl/α,β-unsaturated/α-hetero) is 1. The third kappa shape index (κ3) is 3.36. The van der Waals surface area contributed by atoms with E-state index in [1.165, 1.54) is 0 Å². The van der Waals surface area contributed by atoms with Gasteiger partial charge >= 0.3 is 0 Å². The second-order valence-electron chi connectivity index (χ2n) is 7.35. The number of rotatable bonds is 4. The zero-order valence-electron chi connectivity index (χ0n) is 15.6. The average molecular weight is 378 g/mol. The van der Waals surface area contributed by atoms with Gasteiger partial charge in [-0.15, -0.1) is 0 Å². The zero-order chi connectivity index (χ0) is 18.9. The molecule has 2 aromatic carbocycles. The number of carbonyl (C=O) groups is 1. The molecule has 0 saturated carbocycles. The van der Waals surface area contributed by atoms with Crippen molar-refractivity contribution < 1.29 is 18.7 Å². The summed E-state index contributed by atoms with van der Waals surface area (Å²) in [6, 6.07) is 13.3. The molecule has 3 heterocycles. The van der Waals surface area contributed by atoms with Crippen molar-refractivity contribution in [3.05, 3.63) is 53.9 Å². The van der Waals surface area contributed by atoms with Gasteiger partial charge in [-0.05, 0) is 56.3 Å². The third-order valence-corrected chi connectivity index (χ3v) is 5.48. The summed E-state index contributed by atoms with van der Waals surface area (Å²) in [6.45, 7) is 3.48. The fourth-order valence-corrected chi connectivity index (χ4v) is 3.96. The molecule has 0 atom stereocenters. The van der Waals surface area contributed by atoms with Crippen LogP contribution in [0.3, 0.4) is 0 Å². The number of aromatic nitrogens is 1. The van der Waals surface area contributed by atoms with Crippen LogP contribution in [0.5, 0.6) is 11.5 Å². The summed E-state index contributed by atoms with van der Waals surface area (Å²) in [7, 11) is 0. The number of oxazole rings is 1. The first-order chi connectivity index (χ1) is 13.8. The van der Waals surface area contributed by atoms with Crippen LogP contribution >= 0.6 is 0 Å². The van der Waals surface area contributed by atoms with Gasteiger partial charge in [-0.3, -0.25) is 9.69 Å². The Morgan fingerprint density at radius 1 is 1.04 bits per heavy atom. The number of piperidine rings is 1. The van der Waals surface area contributed by atoms with Gasteiger partial charge in [0.05, 0.1) is 6.54 Å². The summed E-state index contributed by atoms with van der Waals surface area (Å²) < 4.78 is 17.0. The normalized spacial score (nSPS) is 17.7. The molecule has 0 spiro atoms. The van der Waals surface area contributed by atoms with E-state index in [9.17, 15) is 4.79 Å². The molecule has 0 amide bonds. The Kier molecular flexibility index (Phi) is 4.49. The highest BCUT2D eigenvalue weighted by atomic mass is 16.6. The monoisotopic (exact) mass is 378 g/mol. The highest BCUT2D eigenvalue weighted by molar-refractivity contribution is 5.98. The van der Waals surface area contributed by atoms with Gasteiger partial charge in [0.1, 0.15) is 18.7 Å². The van der Waals surface area contributed by atoms with Crippen LogP contribution in [-0.4, -0.2) is 42.0 Å². The minimum Gasteiger partial charge on any atom is -0.486 e. The molecule has 144 valence electrons. The zero-order valence-corrected chi connectivity index (χ0v) is 15.6. The standard InChI is InChI=1S/C22H22N2O4/c25-22(16-5-6-19-20(13-16)27-12-11-26-19)15-7-9-24(10-8-15)14-21-23-17-3-1-2-4-18(17)28-21/h1-6,13,15H,7-12,14H2. The van der Waals surface area contributed by atoms with Gasteiger partial charge in [-0.1, -0.05) is 12.1 Å². The van der Waals surface area contributed by atoms with E-state index in [-0.39, 0.29) is 11.7 Å². The molecule has 0 bridgehead atoms. The summed E-state index contributed by atoms with van der Waals surface area (Å²) >= 11 is 0. The number of carbonyl (C=O) groups excluding carboxylic acids is 1. The molecule has 3 aromatic rings. The van der Waals surface area contributed by atoms with Gasteiger partial charge in [-0.2, -0.15) is 0 Å². The first kappa shape index (κ1) is 17.3. The molecule has 2 aliphatic heterocycles. The van der Waals surface area contributed by atoms with Crippen LogP contribution < -0.4 is 9.47 Å². The number of ketones is 1. The Morgan fingerprint density at radius 3 is 2.64 bits per heavy atom. The maximum absolute atomic E-state index is 12.9. The van der Waals surface area contributed by atoms with E-state index < -0.39 is 0 Å². The highest BCUT2D eigenvalue weighted by Crippen LogP contribution is 2.32. The second kappa shape index (κ2) is 7.28. The van der Waals surface area contributed by atoms with E-state index in [0.29, 0.717) is 31.1 Å². The third-order valence-electron chi connectivity index (χ3n) is 5.48. The Hall–Kier alpha value is -2.86. The molecule has 1 fully saturated rings. The molecule has 0 unspecified atom stereocenters. The molecule has 6 nitrogen and oxygen atoms in total. The quantitative estimate of drug-likeness (QED) is 0.645. The molecule has 6 heteroatoms. The predicted octanol–water partition coefficient (Wildman–Crippen LogP) is 3.69. The Balaban J connectivity index is 1.21. The topological polar surface area (TPSA) is 64.8 Å². The van der Waals surface area contributed by atoms with Gasteiger partial charge in [0.15, 0.2) is 22.9 Å². The molecule has 1 aromatic heterocycles. The van der Waals surface area contributed by atoms with Crippen LogP contribution in [0.4, 0.5) is 0 Å². The Labute approximate surface area is 163 Å². The Bertz CT molecular complexity index is 972. The lowest BCUT2D eigenvalue weighted by Crippen LogP contribution is -2.36. The number of para-hydroxylation sites is 2. The first-order valence-electron chi connectivity index (χ1n) is 9.77. The molecule has 0 N–H and O–H groups in total. The van der Waals surface area contributed by atoms with Crippen molar-refractivity contribution in [1.82, 2.24) is 9.88 Å². The van der Waals surface area contributed by atoms with Gasteiger partial charge < -0.3 is 13.9 Å². The van der Waals surface area contributed by atoms with Crippen molar-refractivity contribution in [2.45, 2.75) is 19.4 Å². The van der Waals surface area contributed by atoms with E-state index in [1.54, 1.807) is 0 Å². The molecular weight excluding hydrogens is 356 g/mol. The lowest BCUT2D eigenvalue weighted by Gasteiger charge is -2.30. The largest absolute Gasteiger partial charge is 0.486 e. The first-order valence-corrected chi connectivity index (χ1v) is 9.77. The van der Waals surface area contributed by atoms with Crippen LogP contribution in [0.2, 0.25) is 0 Å². The number of hydrogen-bond acceptors (Lipinski definition) is 6. The molecule has 1 saturated heterocycles. The van der Waals surface area contributed by atoms with Crippen molar-refractivity contribution in [2.75, 3.05) is 26.3 Å². The molecule has 28 heavy (non-hydrogen) atoms. The number of nitrogens with zero attached hydrogens (tertiary/aromatic N) is 2. The fraction of sp³-hybridized carbons (Fsp3) is 0.364. The summed E-state index contributed by atoms with van der Waals surface area (Å²) in [5.74, 6) is 2.36. The molecule has 0 aliphatic carbocycles. The van der Waals surface area contributed by atoms with Gasteiger partial charge in [0.25, 0.3) is 0 Å². The van der Waals surface area contributed by atoms with Crippen molar-refractivity contribution >= 4 is 16.9 Å². The van der Waals surface area contributed by atoms with Crippen LogP contribution in [0, 0.1) is 5.92 Å². The lowest BCUT2D eigenvalue weighted by molar-refractivity contribution is 0.0827. The minimum atomic E-state index is 0.0439. The van der Waals surface area contributed by atoms with Gasteiger partial charge in [0, 0.05) is 11.5 Å². The van der Waals surface area contributed by atoms with Crippen LogP contribution in [0.25, 0.3) is 11.1 Å². The summed E-state index contributed by atoms with van der Waals surface area (Å²) in [4.78, 5) is 19.8. The smallest absolute Gasteiger partial charge is 0.209 e. The average Bonchev–Trinajstić information content (AvgIpc) is 3.16. The van der Waals surface area contributed by atoms with E-state index in [0.717, 1.165) is 48.7 Å². The number of fused-ring (bicyclic) bond motifs is 2. The minimum absolute atomic E-state index is 0.0439. The highest BCUT2D eigenvalue weighted by Gasteiger charge is 2.27. The maximum Gasteiger partial charge on any atom is 0.209 e. The van der Waals surface area contributed by atoms with Crippen molar-refractivity contribution in [3.8, 4) is 11.5 Å².